The lowest BCUT2D eigenvalue weighted by Gasteiger charge is -2.18. The molecular weight excluding hydrogens is 426 g/mol. The van der Waals surface area contributed by atoms with Gasteiger partial charge in [0.05, 0.1) is 9.21 Å². The molecule has 156 valence electrons. The Bertz CT molecular complexity index is 871. The summed E-state index contributed by atoms with van der Waals surface area (Å²) in [5, 5.41) is 5.86. The zero-order chi connectivity index (χ0) is 20.8. The van der Waals surface area contributed by atoms with Crippen LogP contribution in [0.4, 0.5) is 5.69 Å². The number of amides is 2. The summed E-state index contributed by atoms with van der Waals surface area (Å²) in [5.74, 6) is 0.314. The first-order valence-electron chi connectivity index (χ1n) is 9.62. The number of carbonyl (C=O) groups is 2. The van der Waals surface area contributed by atoms with E-state index in [2.05, 4.69) is 34.7 Å². The van der Waals surface area contributed by atoms with E-state index in [9.17, 15) is 9.59 Å². The Hall–Kier alpha value is -1.54. The van der Waals surface area contributed by atoms with Crippen molar-refractivity contribution in [2.24, 2.45) is 0 Å². The van der Waals surface area contributed by atoms with E-state index in [1.165, 1.54) is 22.5 Å². The van der Waals surface area contributed by atoms with E-state index >= 15 is 0 Å². The molecule has 29 heavy (non-hydrogen) atoms. The highest BCUT2D eigenvalue weighted by Gasteiger charge is 2.22. The lowest BCUT2D eigenvalue weighted by atomic mass is 10.0. The molecular formula is C21H26ClN3O2S2. The van der Waals surface area contributed by atoms with Gasteiger partial charge in [-0.05, 0) is 73.7 Å². The smallest absolute Gasteiger partial charge is 0.262 e. The number of fused-ring (bicyclic) bond motifs is 1. The lowest BCUT2D eigenvalue weighted by Crippen LogP contribution is -2.44. The Labute approximate surface area is 185 Å². The fraction of sp³-hybridized carbons (Fsp3) is 0.429. The molecule has 1 aliphatic rings. The van der Waals surface area contributed by atoms with Crippen LogP contribution in [0.3, 0.4) is 0 Å². The minimum absolute atomic E-state index is 0.194. The maximum absolute atomic E-state index is 12.9. The van der Waals surface area contributed by atoms with E-state index in [-0.39, 0.29) is 11.8 Å². The first kappa shape index (κ1) is 22.2. The van der Waals surface area contributed by atoms with Crippen LogP contribution in [-0.4, -0.2) is 54.9 Å². The average molecular weight is 452 g/mol. The Morgan fingerprint density at radius 3 is 2.66 bits per heavy atom. The SMILES string of the molecule is CSCCC(NC(=O)c1ccc(Cl)s1)C(=O)Nc1ccc2c(c1)CCN(C)CC2. The number of thiophene rings is 1. The Kier molecular flexibility index (Phi) is 8.00. The van der Waals surface area contributed by atoms with Gasteiger partial charge in [-0.1, -0.05) is 17.7 Å². The second kappa shape index (κ2) is 10.5. The lowest BCUT2D eigenvalue weighted by molar-refractivity contribution is -0.118. The van der Waals surface area contributed by atoms with Crippen molar-refractivity contribution in [2.45, 2.75) is 25.3 Å². The van der Waals surface area contributed by atoms with Crippen molar-refractivity contribution < 1.29 is 9.59 Å². The zero-order valence-electron chi connectivity index (χ0n) is 16.7. The number of nitrogens with zero attached hydrogens (tertiary/aromatic N) is 1. The minimum atomic E-state index is -0.597. The second-order valence-electron chi connectivity index (χ2n) is 7.19. The van der Waals surface area contributed by atoms with Gasteiger partial charge in [-0.15, -0.1) is 11.3 Å². The number of likely N-dealkylation sites (N-methyl/N-ethyl adjacent to an activating group) is 1. The summed E-state index contributed by atoms with van der Waals surface area (Å²) in [4.78, 5) is 28.2. The van der Waals surface area contributed by atoms with Crippen molar-refractivity contribution in [3.8, 4) is 0 Å². The van der Waals surface area contributed by atoms with Crippen LogP contribution in [-0.2, 0) is 17.6 Å². The van der Waals surface area contributed by atoms with E-state index in [0.29, 0.717) is 15.6 Å². The fourth-order valence-corrected chi connectivity index (χ4v) is 4.73. The molecule has 1 unspecified atom stereocenters. The normalized spacial score (nSPS) is 15.3. The van der Waals surface area contributed by atoms with E-state index in [0.717, 1.165) is 37.4 Å². The maximum atomic E-state index is 12.9. The number of benzene rings is 1. The van der Waals surface area contributed by atoms with Crippen LogP contribution >= 0.6 is 34.7 Å². The molecule has 0 radical (unpaired) electrons. The molecule has 8 heteroatoms. The largest absolute Gasteiger partial charge is 0.339 e. The fourth-order valence-electron chi connectivity index (χ4n) is 3.31. The third-order valence-corrected chi connectivity index (χ3v) is 6.90. The molecule has 0 saturated heterocycles. The summed E-state index contributed by atoms with van der Waals surface area (Å²) in [6.07, 6.45) is 4.55. The Balaban J connectivity index is 1.69. The zero-order valence-corrected chi connectivity index (χ0v) is 19.1. The van der Waals surface area contributed by atoms with Crippen LogP contribution in [0.25, 0.3) is 0 Å². The average Bonchev–Trinajstić information content (AvgIpc) is 3.06. The van der Waals surface area contributed by atoms with Crippen LogP contribution in [0.2, 0.25) is 4.34 Å². The predicted octanol–water partition coefficient (Wildman–Crippen LogP) is 3.92. The summed E-state index contributed by atoms with van der Waals surface area (Å²) >= 11 is 8.78. The molecule has 3 rings (SSSR count). The molecule has 1 aromatic carbocycles. The molecule has 2 amide bonds. The molecule has 2 aromatic rings. The third-order valence-electron chi connectivity index (χ3n) is 5.03. The highest BCUT2D eigenvalue weighted by Crippen LogP contribution is 2.22. The van der Waals surface area contributed by atoms with Gasteiger partial charge in [-0.25, -0.2) is 0 Å². The maximum Gasteiger partial charge on any atom is 0.262 e. The summed E-state index contributed by atoms with van der Waals surface area (Å²) in [7, 11) is 2.13. The Morgan fingerprint density at radius 1 is 1.21 bits per heavy atom. The van der Waals surface area contributed by atoms with Crippen molar-refractivity contribution in [1.29, 1.82) is 0 Å². The van der Waals surface area contributed by atoms with Gasteiger partial charge in [-0.3, -0.25) is 9.59 Å². The van der Waals surface area contributed by atoms with E-state index in [4.69, 9.17) is 11.6 Å². The van der Waals surface area contributed by atoms with Crippen molar-refractivity contribution >= 4 is 52.2 Å². The third kappa shape index (κ3) is 6.22. The van der Waals surface area contributed by atoms with Gasteiger partial charge in [0.2, 0.25) is 5.91 Å². The first-order chi connectivity index (χ1) is 14.0. The highest BCUT2D eigenvalue weighted by molar-refractivity contribution is 7.98. The number of nitrogens with one attached hydrogen (secondary N) is 2. The molecule has 2 N–H and O–H groups in total. The predicted molar refractivity (Wildman–Crippen MR) is 124 cm³/mol. The van der Waals surface area contributed by atoms with Crippen LogP contribution < -0.4 is 10.6 Å². The number of carbonyl (C=O) groups excluding carboxylic acids is 2. The second-order valence-corrected chi connectivity index (χ2v) is 9.89. The molecule has 0 aliphatic carbocycles. The van der Waals surface area contributed by atoms with Gasteiger partial charge in [-0.2, -0.15) is 11.8 Å². The summed E-state index contributed by atoms with van der Waals surface area (Å²) in [5.41, 5.74) is 3.40. The molecule has 2 heterocycles. The van der Waals surface area contributed by atoms with Gasteiger partial charge in [0.25, 0.3) is 5.91 Å². The molecule has 0 bridgehead atoms. The number of anilines is 1. The number of hydrogen-bond acceptors (Lipinski definition) is 5. The van der Waals surface area contributed by atoms with Gasteiger partial charge in [0.15, 0.2) is 0 Å². The van der Waals surface area contributed by atoms with Crippen molar-refractivity contribution in [2.75, 3.05) is 37.5 Å². The number of halogens is 1. The van der Waals surface area contributed by atoms with Crippen LogP contribution in [0, 0.1) is 0 Å². The van der Waals surface area contributed by atoms with E-state index in [1.54, 1.807) is 23.9 Å². The van der Waals surface area contributed by atoms with Gasteiger partial charge in [0.1, 0.15) is 6.04 Å². The minimum Gasteiger partial charge on any atom is -0.339 e. The van der Waals surface area contributed by atoms with Gasteiger partial charge >= 0.3 is 0 Å². The summed E-state index contributed by atoms with van der Waals surface area (Å²) in [6.45, 7) is 2.06. The van der Waals surface area contributed by atoms with Gasteiger partial charge < -0.3 is 15.5 Å². The monoisotopic (exact) mass is 451 g/mol. The van der Waals surface area contributed by atoms with Crippen LogP contribution in [0.1, 0.15) is 27.2 Å². The molecule has 0 fully saturated rings. The van der Waals surface area contributed by atoms with Gasteiger partial charge in [0, 0.05) is 18.8 Å². The van der Waals surface area contributed by atoms with E-state index < -0.39 is 6.04 Å². The number of rotatable bonds is 7. The molecule has 5 nitrogen and oxygen atoms in total. The molecule has 1 aliphatic heterocycles. The highest BCUT2D eigenvalue weighted by atomic mass is 35.5. The van der Waals surface area contributed by atoms with Crippen LogP contribution in [0.15, 0.2) is 30.3 Å². The number of hydrogen-bond donors (Lipinski definition) is 2. The van der Waals surface area contributed by atoms with Crippen molar-refractivity contribution in [3.05, 3.63) is 50.7 Å². The summed E-state index contributed by atoms with van der Waals surface area (Å²) in [6, 6.07) is 8.89. The number of thioether (sulfide) groups is 1. The summed E-state index contributed by atoms with van der Waals surface area (Å²) < 4.78 is 0.552. The molecule has 1 aromatic heterocycles. The molecule has 1 atom stereocenters. The topological polar surface area (TPSA) is 61.4 Å². The van der Waals surface area contributed by atoms with E-state index in [1.807, 2.05) is 12.3 Å². The Morgan fingerprint density at radius 2 is 1.97 bits per heavy atom. The standard InChI is InChI=1S/C21H26ClN3O2S2/c1-25-10-7-14-3-4-16(13-15(14)8-11-25)23-20(26)17(9-12-28-2)24-21(27)18-5-6-19(22)29-18/h3-6,13,17H,7-12H2,1-2H3,(H,23,26)(H,24,27). The quantitative estimate of drug-likeness (QED) is 0.669. The van der Waals surface area contributed by atoms with Crippen LogP contribution in [0.5, 0.6) is 0 Å². The molecule has 0 saturated carbocycles. The molecule has 0 spiro atoms. The van der Waals surface area contributed by atoms with Crippen molar-refractivity contribution in [3.63, 3.8) is 0 Å². The first-order valence-corrected chi connectivity index (χ1v) is 12.2. The van der Waals surface area contributed by atoms with Crippen molar-refractivity contribution in [1.82, 2.24) is 10.2 Å².